The van der Waals surface area contributed by atoms with Gasteiger partial charge in [0.25, 0.3) is 0 Å². The maximum atomic E-state index is 11.5. The number of hydrogen-bond donors (Lipinski definition) is 2. The molecule has 1 aromatic rings. The van der Waals surface area contributed by atoms with Crippen LogP contribution in [0.2, 0.25) is 0 Å². The molecule has 0 unspecified atom stereocenters. The van der Waals surface area contributed by atoms with E-state index < -0.39 is 21.5 Å². The summed E-state index contributed by atoms with van der Waals surface area (Å²) in [5.74, 6) is -0.749. The van der Waals surface area contributed by atoms with Crippen molar-refractivity contribution >= 4 is 27.2 Å². The van der Waals surface area contributed by atoms with E-state index in [4.69, 9.17) is 0 Å². The highest BCUT2D eigenvalue weighted by Gasteiger charge is 2.13. The molecule has 1 aromatic heterocycles. The van der Waals surface area contributed by atoms with Crippen LogP contribution in [-0.4, -0.2) is 57.5 Å². The highest BCUT2D eigenvalue weighted by atomic mass is 32.2. The zero-order valence-corrected chi connectivity index (χ0v) is 12.1. The topological polar surface area (TPSA) is 91.4 Å². The van der Waals surface area contributed by atoms with Gasteiger partial charge in [0.1, 0.15) is 11.6 Å². The first-order chi connectivity index (χ1) is 9.44. The van der Waals surface area contributed by atoms with E-state index in [1.54, 1.807) is 12.3 Å². The predicted octanol–water partition coefficient (Wildman–Crippen LogP) is -0.526. The SMILES string of the molecule is CS(=O)(=O)CC(=O)Nc1ccc(N2CCNCC2)cn1. The predicted molar refractivity (Wildman–Crippen MR) is 77.7 cm³/mol. The minimum absolute atomic E-state index is 0.359. The molecule has 1 aliphatic heterocycles. The maximum absolute atomic E-state index is 11.5. The first-order valence-electron chi connectivity index (χ1n) is 6.33. The molecule has 0 atom stereocenters. The molecule has 1 fully saturated rings. The highest BCUT2D eigenvalue weighted by Crippen LogP contribution is 2.15. The molecule has 20 heavy (non-hydrogen) atoms. The second-order valence-electron chi connectivity index (χ2n) is 4.76. The second-order valence-corrected chi connectivity index (χ2v) is 6.90. The fourth-order valence-corrected chi connectivity index (χ4v) is 2.54. The Balaban J connectivity index is 1.96. The lowest BCUT2D eigenvalue weighted by atomic mass is 10.3. The molecule has 2 rings (SSSR count). The lowest BCUT2D eigenvalue weighted by molar-refractivity contribution is -0.113. The number of pyridine rings is 1. The van der Waals surface area contributed by atoms with Gasteiger partial charge in [-0.1, -0.05) is 0 Å². The Morgan fingerprint density at radius 1 is 1.40 bits per heavy atom. The Morgan fingerprint density at radius 3 is 2.65 bits per heavy atom. The molecule has 0 radical (unpaired) electrons. The van der Waals surface area contributed by atoms with E-state index >= 15 is 0 Å². The first-order valence-corrected chi connectivity index (χ1v) is 8.39. The molecule has 0 bridgehead atoms. The number of nitrogens with one attached hydrogen (secondary N) is 2. The van der Waals surface area contributed by atoms with Gasteiger partial charge in [0, 0.05) is 32.4 Å². The van der Waals surface area contributed by atoms with Gasteiger partial charge in [0.2, 0.25) is 5.91 Å². The van der Waals surface area contributed by atoms with Crippen LogP contribution < -0.4 is 15.5 Å². The van der Waals surface area contributed by atoms with Gasteiger partial charge in [-0.2, -0.15) is 0 Å². The lowest BCUT2D eigenvalue weighted by Gasteiger charge is -2.29. The average molecular weight is 298 g/mol. The van der Waals surface area contributed by atoms with Crippen molar-refractivity contribution in [3.63, 3.8) is 0 Å². The van der Waals surface area contributed by atoms with E-state index in [0.29, 0.717) is 5.82 Å². The van der Waals surface area contributed by atoms with E-state index in [1.807, 2.05) is 6.07 Å². The normalized spacial score (nSPS) is 15.9. The minimum atomic E-state index is -3.32. The number of carbonyl (C=O) groups is 1. The van der Waals surface area contributed by atoms with Crippen molar-refractivity contribution in [3.8, 4) is 0 Å². The summed E-state index contributed by atoms with van der Waals surface area (Å²) in [5, 5.41) is 5.74. The van der Waals surface area contributed by atoms with E-state index in [0.717, 1.165) is 38.1 Å². The molecule has 0 spiro atoms. The average Bonchev–Trinajstić information content (AvgIpc) is 2.38. The van der Waals surface area contributed by atoms with Crippen LogP contribution in [0.4, 0.5) is 11.5 Å². The van der Waals surface area contributed by atoms with E-state index in [9.17, 15) is 13.2 Å². The van der Waals surface area contributed by atoms with Crippen LogP contribution in [0.1, 0.15) is 0 Å². The molecule has 1 saturated heterocycles. The summed E-state index contributed by atoms with van der Waals surface area (Å²) < 4.78 is 22.0. The van der Waals surface area contributed by atoms with Gasteiger partial charge >= 0.3 is 0 Å². The summed E-state index contributed by atoms with van der Waals surface area (Å²) in [6.45, 7) is 3.71. The minimum Gasteiger partial charge on any atom is -0.368 e. The molecule has 0 saturated carbocycles. The van der Waals surface area contributed by atoms with Crippen LogP contribution in [0.15, 0.2) is 18.3 Å². The van der Waals surface area contributed by atoms with Crippen LogP contribution in [0.5, 0.6) is 0 Å². The molecule has 2 heterocycles. The van der Waals surface area contributed by atoms with Crippen molar-refractivity contribution < 1.29 is 13.2 Å². The molecule has 8 heteroatoms. The number of aromatic nitrogens is 1. The summed E-state index contributed by atoms with van der Waals surface area (Å²) in [6.07, 6.45) is 2.70. The van der Waals surface area contributed by atoms with Crippen LogP contribution in [0, 0.1) is 0 Å². The van der Waals surface area contributed by atoms with Crippen molar-refractivity contribution in [2.24, 2.45) is 0 Å². The number of anilines is 2. The monoisotopic (exact) mass is 298 g/mol. The molecule has 7 nitrogen and oxygen atoms in total. The van der Waals surface area contributed by atoms with Gasteiger partial charge < -0.3 is 15.5 Å². The molecular weight excluding hydrogens is 280 g/mol. The van der Waals surface area contributed by atoms with E-state index in [2.05, 4.69) is 20.5 Å². The van der Waals surface area contributed by atoms with Gasteiger partial charge in [0.05, 0.1) is 11.9 Å². The lowest BCUT2D eigenvalue weighted by Crippen LogP contribution is -2.43. The smallest absolute Gasteiger partial charge is 0.240 e. The molecule has 0 aliphatic carbocycles. The van der Waals surface area contributed by atoms with Gasteiger partial charge in [-0.05, 0) is 12.1 Å². The molecule has 0 aromatic carbocycles. The van der Waals surface area contributed by atoms with Gasteiger partial charge in [-0.25, -0.2) is 13.4 Å². The largest absolute Gasteiger partial charge is 0.368 e. The number of carbonyl (C=O) groups excluding carboxylic acids is 1. The summed E-state index contributed by atoms with van der Waals surface area (Å²) >= 11 is 0. The van der Waals surface area contributed by atoms with Gasteiger partial charge in [-0.15, -0.1) is 0 Å². The second kappa shape index (κ2) is 6.19. The zero-order valence-electron chi connectivity index (χ0n) is 11.3. The number of sulfone groups is 1. The Hall–Kier alpha value is -1.67. The summed E-state index contributed by atoms with van der Waals surface area (Å²) in [4.78, 5) is 17.8. The third kappa shape index (κ3) is 4.46. The van der Waals surface area contributed by atoms with Crippen molar-refractivity contribution in [1.82, 2.24) is 10.3 Å². The number of rotatable bonds is 4. The third-order valence-corrected chi connectivity index (χ3v) is 3.68. The van der Waals surface area contributed by atoms with Crippen LogP contribution in [0.25, 0.3) is 0 Å². The van der Waals surface area contributed by atoms with Crippen LogP contribution >= 0.6 is 0 Å². The van der Waals surface area contributed by atoms with Crippen molar-refractivity contribution in [2.45, 2.75) is 0 Å². The Bertz CT molecular complexity index is 565. The van der Waals surface area contributed by atoms with E-state index in [-0.39, 0.29) is 0 Å². The van der Waals surface area contributed by atoms with Gasteiger partial charge in [0.15, 0.2) is 9.84 Å². The molecule has 110 valence electrons. The first kappa shape index (κ1) is 14.7. The quantitative estimate of drug-likeness (QED) is 0.777. The Labute approximate surface area is 118 Å². The summed E-state index contributed by atoms with van der Waals surface area (Å²) in [7, 11) is -3.32. The molecule has 1 amide bonds. The van der Waals surface area contributed by atoms with Gasteiger partial charge in [-0.3, -0.25) is 4.79 Å². The van der Waals surface area contributed by atoms with Crippen molar-refractivity contribution in [3.05, 3.63) is 18.3 Å². The summed E-state index contributed by atoms with van der Waals surface area (Å²) in [5.41, 5.74) is 0.993. The highest BCUT2D eigenvalue weighted by molar-refractivity contribution is 7.91. The maximum Gasteiger partial charge on any atom is 0.240 e. The number of piperazine rings is 1. The fraction of sp³-hybridized carbons (Fsp3) is 0.500. The van der Waals surface area contributed by atoms with E-state index in [1.165, 1.54) is 0 Å². The fourth-order valence-electron chi connectivity index (χ4n) is 1.99. The number of nitrogens with zero attached hydrogens (tertiary/aromatic N) is 2. The molecular formula is C12H18N4O3S. The molecule has 2 N–H and O–H groups in total. The molecule has 1 aliphatic rings. The zero-order chi connectivity index (χ0) is 14.6. The van der Waals surface area contributed by atoms with Crippen molar-refractivity contribution in [2.75, 3.05) is 48.4 Å². The number of amides is 1. The standard InChI is InChI=1S/C12H18N4O3S/c1-20(18,19)9-12(17)15-11-3-2-10(8-14-11)16-6-4-13-5-7-16/h2-3,8,13H,4-7,9H2,1H3,(H,14,15,17). The summed E-state index contributed by atoms with van der Waals surface area (Å²) in [6, 6.07) is 3.55. The number of hydrogen-bond acceptors (Lipinski definition) is 6. The Morgan fingerprint density at radius 2 is 2.10 bits per heavy atom. The third-order valence-electron chi connectivity index (χ3n) is 2.89. The van der Waals surface area contributed by atoms with Crippen LogP contribution in [0.3, 0.4) is 0 Å². The van der Waals surface area contributed by atoms with Crippen LogP contribution in [-0.2, 0) is 14.6 Å². The van der Waals surface area contributed by atoms with Crippen molar-refractivity contribution in [1.29, 1.82) is 0 Å². The Kier molecular flexibility index (Phi) is 4.56.